The van der Waals surface area contributed by atoms with Gasteiger partial charge < -0.3 is 0 Å². The second-order valence-electron chi connectivity index (χ2n) is 2.04. The Labute approximate surface area is 71.6 Å². The number of rotatable bonds is 4. The minimum atomic E-state index is 0.0506. The Hall–Kier alpha value is -0.820. The fourth-order valence-corrected chi connectivity index (χ4v) is 1.21. The normalized spacial score (nSPS) is 14.8. The van der Waals surface area contributed by atoms with Gasteiger partial charge in [-0.05, 0) is 18.4 Å². The fourth-order valence-electron chi connectivity index (χ4n) is 0.567. The van der Waals surface area contributed by atoms with Gasteiger partial charge in [-0.15, -0.1) is 0 Å². The Balaban J connectivity index is 4.47. The minimum absolute atomic E-state index is 0.0506. The first-order valence-electron chi connectivity index (χ1n) is 3.29. The van der Waals surface area contributed by atoms with Crippen molar-refractivity contribution in [3.05, 3.63) is 48.4 Å². The summed E-state index contributed by atoms with van der Waals surface area (Å²) in [7, 11) is 0.0506. The lowest BCUT2D eigenvalue weighted by atomic mass is 10.4. The van der Waals surface area contributed by atoms with E-state index in [-0.39, 0.29) is 10.5 Å². The predicted octanol–water partition coefficient (Wildman–Crippen LogP) is 3.13. The van der Waals surface area contributed by atoms with E-state index in [0.29, 0.717) is 0 Å². The molecule has 0 saturated heterocycles. The van der Waals surface area contributed by atoms with Crippen molar-refractivity contribution >= 4 is 16.4 Å². The van der Waals surface area contributed by atoms with Gasteiger partial charge in [-0.1, -0.05) is 37.3 Å². The van der Waals surface area contributed by atoms with Crippen molar-refractivity contribution in [3.63, 3.8) is 0 Å². The van der Waals surface area contributed by atoms with Crippen molar-refractivity contribution in [3.8, 4) is 0 Å². The van der Waals surface area contributed by atoms with E-state index in [1.165, 1.54) is 4.91 Å². The van der Waals surface area contributed by atoms with Gasteiger partial charge in [0.15, 0.2) is 0 Å². The van der Waals surface area contributed by atoms with E-state index in [4.69, 9.17) is 0 Å². The maximum Gasteiger partial charge on any atom is 0.000830 e. The molecule has 1 heteroatoms. The van der Waals surface area contributed by atoms with Crippen molar-refractivity contribution < 1.29 is 0 Å². The van der Waals surface area contributed by atoms with Crippen LogP contribution >= 0.6 is 10.5 Å². The van der Waals surface area contributed by atoms with Crippen LogP contribution < -0.4 is 0 Å². The number of hydrogen-bond acceptors (Lipinski definition) is 0. The molecule has 60 valence electrons. The van der Waals surface area contributed by atoms with Gasteiger partial charge >= 0.3 is 0 Å². The highest BCUT2D eigenvalue weighted by atomic mass is 32.2. The first kappa shape index (κ1) is 10.2. The third-order valence-electron chi connectivity index (χ3n) is 1.08. The van der Waals surface area contributed by atoms with E-state index >= 15 is 0 Å². The summed E-state index contributed by atoms with van der Waals surface area (Å²) in [5, 5.41) is 0. The Morgan fingerprint density at radius 1 is 1.27 bits per heavy atom. The lowest BCUT2D eigenvalue weighted by molar-refractivity contribution is 1.85. The van der Waals surface area contributed by atoms with Gasteiger partial charge in [0.1, 0.15) is 0 Å². The predicted molar refractivity (Wildman–Crippen MR) is 58.3 cm³/mol. The molecule has 0 spiro atoms. The monoisotopic (exact) mass is 166 g/mol. The van der Waals surface area contributed by atoms with Gasteiger partial charge in [-0.25, -0.2) is 0 Å². The maximum atomic E-state index is 3.94. The SMILES string of the molecule is C=C/C=C\C(=C/C=C)S(=C)C. The molecule has 0 heterocycles. The van der Waals surface area contributed by atoms with E-state index in [0.717, 1.165) is 0 Å². The summed E-state index contributed by atoms with van der Waals surface area (Å²) in [5.74, 6) is 3.94. The highest BCUT2D eigenvalue weighted by Gasteiger charge is 1.86. The molecule has 1 atom stereocenters. The molecule has 0 saturated carbocycles. The average Bonchev–Trinajstić information content (AvgIpc) is 1.97. The zero-order valence-corrected chi connectivity index (χ0v) is 7.73. The van der Waals surface area contributed by atoms with Crippen LogP contribution in [0.2, 0.25) is 0 Å². The van der Waals surface area contributed by atoms with Gasteiger partial charge in [-0.3, -0.25) is 0 Å². The highest BCUT2D eigenvalue weighted by Crippen LogP contribution is 2.19. The van der Waals surface area contributed by atoms with Gasteiger partial charge in [0, 0.05) is 4.91 Å². The maximum absolute atomic E-state index is 3.94. The minimum Gasteiger partial charge on any atom is -0.165 e. The average molecular weight is 166 g/mol. The molecule has 0 amide bonds. The smallest absolute Gasteiger partial charge is 0.000830 e. The number of allylic oxidation sites excluding steroid dienone is 5. The lowest BCUT2D eigenvalue weighted by Crippen LogP contribution is -1.70. The van der Waals surface area contributed by atoms with Crippen LogP contribution in [0, 0.1) is 0 Å². The third kappa shape index (κ3) is 4.57. The summed E-state index contributed by atoms with van der Waals surface area (Å²) in [6, 6.07) is 0. The van der Waals surface area contributed by atoms with Gasteiger partial charge in [-0.2, -0.15) is 10.5 Å². The first-order valence-corrected chi connectivity index (χ1v) is 5.10. The molecule has 1 unspecified atom stereocenters. The molecule has 0 aliphatic heterocycles. The molecule has 0 rings (SSSR count). The molecule has 0 aromatic heterocycles. The topological polar surface area (TPSA) is 0 Å². The molecule has 0 aromatic carbocycles. The van der Waals surface area contributed by atoms with Crippen LogP contribution in [0.5, 0.6) is 0 Å². The van der Waals surface area contributed by atoms with Crippen LogP contribution in [0.1, 0.15) is 0 Å². The van der Waals surface area contributed by atoms with E-state index < -0.39 is 0 Å². The van der Waals surface area contributed by atoms with E-state index in [9.17, 15) is 0 Å². The molecule has 0 aliphatic carbocycles. The second-order valence-corrected chi connectivity index (χ2v) is 3.78. The van der Waals surface area contributed by atoms with E-state index in [1.54, 1.807) is 12.2 Å². The van der Waals surface area contributed by atoms with Crippen LogP contribution in [0.4, 0.5) is 0 Å². The summed E-state index contributed by atoms with van der Waals surface area (Å²) in [6.45, 7) is 7.23. The third-order valence-corrected chi connectivity index (χ3v) is 2.16. The molecule has 0 N–H and O–H groups in total. The summed E-state index contributed by atoms with van der Waals surface area (Å²) in [5.41, 5.74) is 0. The quantitative estimate of drug-likeness (QED) is 0.444. The standard InChI is InChI=1S/C10H14S/c1-5-7-9-10(8-6-2)11(3)4/h5-9H,1-3H2,4H3/b9-7-,10-8+. The second kappa shape index (κ2) is 5.93. The summed E-state index contributed by atoms with van der Waals surface area (Å²) in [6.07, 6.45) is 11.5. The Morgan fingerprint density at radius 3 is 2.27 bits per heavy atom. The van der Waals surface area contributed by atoms with Crippen LogP contribution in [0.15, 0.2) is 48.4 Å². The van der Waals surface area contributed by atoms with Crippen LogP contribution in [0.25, 0.3) is 0 Å². The molecule has 0 aromatic rings. The molecule has 0 radical (unpaired) electrons. The lowest BCUT2D eigenvalue weighted by Gasteiger charge is -1.98. The van der Waals surface area contributed by atoms with E-state index in [2.05, 4.69) is 25.3 Å². The Bertz CT molecular complexity index is 219. The highest BCUT2D eigenvalue weighted by molar-refractivity contribution is 8.17. The summed E-state index contributed by atoms with van der Waals surface area (Å²) < 4.78 is 0. The van der Waals surface area contributed by atoms with Crippen molar-refractivity contribution in [1.29, 1.82) is 0 Å². The Morgan fingerprint density at radius 2 is 1.91 bits per heavy atom. The van der Waals surface area contributed by atoms with Crippen LogP contribution in [0.3, 0.4) is 0 Å². The molecule has 0 aliphatic rings. The number of hydrogen-bond donors (Lipinski definition) is 0. The van der Waals surface area contributed by atoms with Crippen LogP contribution in [-0.2, 0) is 0 Å². The molecule has 0 nitrogen and oxygen atoms in total. The zero-order valence-electron chi connectivity index (χ0n) is 6.92. The van der Waals surface area contributed by atoms with Gasteiger partial charge in [0.25, 0.3) is 0 Å². The molecular formula is C10H14S. The van der Waals surface area contributed by atoms with Crippen molar-refractivity contribution in [1.82, 2.24) is 0 Å². The van der Waals surface area contributed by atoms with Crippen molar-refractivity contribution in [2.24, 2.45) is 0 Å². The van der Waals surface area contributed by atoms with Gasteiger partial charge in [0.05, 0.1) is 0 Å². The summed E-state index contributed by atoms with van der Waals surface area (Å²) in [4.78, 5) is 1.19. The van der Waals surface area contributed by atoms with Crippen LogP contribution in [-0.4, -0.2) is 12.1 Å². The fraction of sp³-hybridized carbons (Fsp3) is 0.100. The van der Waals surface area contributed by atoms with Crippen molar-refractivity contribution in [2.75, 3.05) is 6.26 Å². The molecule has 0 fully saturated rings. The molecule has 11 heavy (non-hydrogen) atoms. The molecule has 0 bridgehead atoms. The van der Waals surface area contributed by atoms with Gasteiger partial charge in [0.2, 0.25) is 0 Å². The largest absolute Gasteiger partial charge is 0.165 e. The first-order chi connectivity index (χ1) is 5.22. The molecular weight excluding hydrogens is 152 g/mol. The van der Waals surface area contributed by atoms with Crippen molar-refractivity contribution in [2.45, 2.75) is 0 Å². The Kier molecular flexibility index (Phi) is 5.49. The summed E-state index contributed by atoms with van der Waals surface area (Å²) >= 11 is 0. The van der Waals surface area contributed by atoms with E-state index in [1.807, 2.05) is 18.2 Å². The zero-order chi connectivity index (χ0) is 8.69.